The van der Waals surface area contributed by atoms with Crippen LogP contribution in [0.4, 0.5) is 5.13 Å². The highest BCUT2D eigenvalue weighted by Crippen LogP contribution is 2.23. The average Bonchev–Trinajstić information content (AvgIpc) is 2.75. The SMILES string of the molecule is CCC(CC)N(C)c1nc(CNC(C)(C)C)cs1. The fourth-order valence-corrected chi connectivity index (χ4v) is 2.75. The average molecular weight is 269 g/mol. The van der Waals surface area contributed by atoms with Gasteiger partial charge < -0.3 is 10.2 Å². The zero-order valence-corrected chi connectivity index (χ0v) is 13.4. The third-order valence-corrected chi connectivity index (χ3v) is 4.11. The monoisotopic (exact) mass is 269 g/mol. The molecule has 1 aromatic rings. The molecule has 0 unspecified atom stereocenters. The molecule has 0 atom stereocenters. The lowest BCUT2D eigenvalue weighted by Gasteiger charge is -2.25. The number of rotatable bonds is 6. The van der Waals surface area contributed by atoms with Crippen LogP contribution in [0.2, 0.25) is 0 Å². The highest BCUT2D eigenvalue weighted by molar-refractivity contribution is 7.13. The Labute approximate surface area is 116 Å². The molecule has 0 spiro atoms. The van der Waals surface area contributed by atoms with Gasteiger partial charge in [0.1, 0.15) is 0 Å². The summed E-state index contributed by atoms with van der Waals surface area (Å²) in [5.74, 6) is 0. The maximum Gasteiger partial charge on any atom is 0.185 e. The smallest absolute Gasteiger partial charge is 0.185 e. The van der Waals surface area contributed by atoms with Gasteiger partial charge in [-0.2, -0.15) is 0 Å². The van der Waals surface area contributed by atoms with Gasteiger partial charge in [-0.15, -0.1) is 11.3 Å². The normalized spacial score (nSPS) is 12.2. The third-order valence-electron chi connectivity index (χ3n) is 3.13. The predicted octanol–water partition coefficient (Wildman–Crippen LogP) is 3.66. The fraction of sp³-hybridized carbons (Fsp3) is 0.786. The summed E-state index contributed by atoms with van der Waals surface area (Å²) in [5.41, 5.74) is 1.29. The minimum Gasteiger partial charge on any atom is -0.348 e. The number of aromatic nitrogens is 1. The highest BCUT2D eigenvalue weighted by Gasteiger charge is 2.15. The molecule has 1 aromatic heterocycles. The van der Waals surface area contributed by atoms with Gasteiger partial charge in [-0.3, -0.25) is 0 Å². The van der Waals surface area contributed by atoms with Gasteiger partial charge in [-0.05, 0) is 33.6 Å². The number of nitrogens with one attached hydrogen (secondary N) is 1. The Morgan fingerprint density at radius 1 is 1.33 bits per heavy atom. The van der Waals surface area contributed by atoms with Crippen LogP contribution in [0.3, 0.4) is 0 Å². The lowest BCUT2D eigenvalue weighted by molar-refractivity contribution is 0.422. The van der Waals surface area contributed by atoms with Crippen LogP contribution in [-0.4, -0.2) is 23.6 Å². The lowest BCUT2D eigenvalue weighted by atomic mass is 10.1. The van der Waals surface area contributed by atoms with Crippen LogP contribution in [0.15, 0.2) is 5.38 Å². The summed E-state index contributed by atoms with van der Waals surface area (Å²) in [6.07, 6.45) is 2.34. The van der Waals surface area contributed by atoms with Crippen LogP contribution in [0.25, 0.3) is 0 Å². The number of hydrogen-bond donors (Lipinski definition) is 1. The van der Waals surface area contributed by atoms with Crippen molar-refractivity contribution in [2.45, 2.75) is 65.6 Å². The van der Waals surface area contributed by atoms with Gasteiger partial charge in [0.15, 0.2) is 5.13 Å². The second-order valence-corrected chi connectivity index (χ2v) is 6.64. The predicted molar refractivity (Wildman–Crippen MR) is 81.5 cm³/mol. The van der Waals surface area contributed by atoms with Crippen LogP contribution < -0.4 is 10.2 Å². The van der Waals surface area contributed by atoms with E-state index >= 15 is 0 Å². The maximum absolute atomic E-state index is 4.71. The fourth-order valence-electron chi connectivity index (χ4n) is 1.89. The molecule has 0 fully saturated rings. The summed E-state index contributed by atoms with van der Waals surface area (Å²) < 4.78 is 0. The first kappa shape index (κ1) is 15.4. The summed E-state index contributed by atoms with van der Waals surface area (Å²) in [6, 6.07) is 0.597. The van der Waals surface area contributed by atoms with Crippen LogP contribution in [0.1, 0.15) is 53.2 Å². The molecule has 1 heterocycles. The Morgan fingerprint density at radius 3 is 2.44 bits per heavy atom. The van der Waals surface area contributed by atoms with E-state index in [2.05, 4.69) is 57.3 Å². The molecule has 104 valence electrons. The molecule has 0 aliphatic heterocycles. The molecule has 1 rings (SSSR count). The summed E-state index contributed by atoms with van der Waals surface area (Å²) in [7, 11) is 2.15. The molecule has 0 amide bonds. The standard InChI is InChI=1S/C14H27N3S/c1-7-12(8-2)17(6)13-16-11(10-18-13)9-15-14(3,4)5/h10,12,15H,7-9H2,1-6H3. The molecular formula is C14H27N3S. The van der Waals surface area contributed by atoms with E-state index in [0.29, 0.717) is 6.04 Å². The molecule has 4 heteroatoms. The number of nitrogens with zero attached hydrogens (tertiary/aromatic N) is 2. The Kier molecular flexibility index (Phi) is 5.60. The van der Waals surface area contributed by atoms with E-state index in [1.54, 1.807) is 11.3 Å². The topological polar surface area (TPSA) is 28.2 Å². The van der Waals surface area contributed by atoms with E-state index in [-0.39, 0.29) is 5.54 Å². The minimum absolute atomic E-state index is 0.144. The molecule has 0 saturated heterocycles. The van der Waals surface area contributed by atoms with Crippen molar-refractivity contribution in [2.24, 2.45) is 0 Å². The van der Waals surface area contributed by atoms with Crippen LogP contribution in [-0.2, 0) is 6.54 Å². The van der Waals surface area contributed by atoms with Crippen LogP contribution in [0, 0.1) is 0 Å². The first-order valence-electron chi connectivity index (χ1n) is 6.79. The first-order valence-corrected chi connectivity index (χ1v) is 7.67. The van der Waals surface area contributed by atoms with Gasteiger partial charge in [0.2, 0.25) is 0 Å². The second-order valence-electron chi connectivity index (χ2n) is 5.81. The maximum atomic E-state index is 4.71. The Morgan fingerprint density at radius 2 is 1.94 bits per heavy atom. The number of thiazole rings is 1. The number of hydrogen-bond acceptors (Lipinski definition) is 4. The van der Waals surface area contributed by atoms with E-state index in [1.807, 2.05) is 0 Å². The van der Waals surface area contributed by atoms with Crippen molar-refractivity contribution < 1.29 is 0 Å². The third kappa shape index (κ3) is 4.58. The molecule has 3 nitrogen and oxygen atoms in total. The molecule has 0 saturated carbocycles. The molecule has 1 N–H and O–H groups in total. The second kappa shape index (κ2) is 6.53. The molecular weight excluding hydrogens is 242 g/mol. The van der Waals surface area contributed by atoms with Gasteiger partial charge in [-0.1, -0.05) is 13.8 Å². The van der Waals surface area contributed by atoms with E-state index < -0.39 is 0 Å². The van der Waals surface area contributed by atoms with E-state index in [0.717, 1.165) is 17.4 Å². The van der Waals surface area contributed by atoms with Crippen molar-refractivity contribution in [1.82, 2.24) is 10.3 Å². The summed E-state index contributed by atoms with van der Waals surface area (Å²) >= 11 is 1.74. The largest absolute Gasteiger partial charge is 0.348 e. The summed E-state index contributed by atoms with van der Waals surface area (Å²) in [4.78, 5) is 7.02. The van der Waals surface area contributed by atoms with Crippen molar-refractivity contribution in [3.05, 3.63) is 11.1 Å². The van der Waals surface area contributed by atoms with Crippen LogP contribution >= 0.6 is 11.3 Å². The van der Waals surface area contributed by atoms with Gasteiger partial charge >= 0.3 is 0 Å². The van der Waals surface area contributed by atoms with Crippen molar-refractivity contribution in [3.8, 4) is 0 Å². The zero-order valence-electron chi connectivity index (χ0n) is 12.6. The number of anilines is 1. The van der Waals surface area contributed by atoms with Crippen molar-refractivity contribution in [2.75, 3.05) is 11.9 Å². The quantitative estimate of drug-likeness (QED) is 0.854. The highest BCUT2D eigenvalue weighted by atomic mass is 32.1. The van der Waals surface area contributed by atoms with Crippen molar-refractivity contribution in [3.63, 3.8) is 0 Å². The Bertz CT molecular complexity index is 350. The minimum atomic E-state index is 0.144. The zero-order chi connectivity index (χ0) is 13.8. The van der Waals surface area contributed by atoms with Crippen molar-refractivity contribution >= 4 is 16.5 Å². The molecule has 0 aliphatic rings. The van der Waals surface area contributed by atoms with Gasteiger partial charge in [-0.25, -0.2) is 4.98 Å². The van der Waals surface area contributed by atoms with Gasteiger partial charge in [0, 0.05) is 30.6 Å². The molecule has 0 aromatic carbocycles. The van der Waals surface area contributed by atoms with Crippen LogP contribution in [0.5, 0.6) is 0 Å². The Balaban J connectivity index is 2.62. The molecule has 18 heavy (non-hydrogen) atoms. The van der Waals surface area contributed by atoms with Gasteiger partial charge in [0.05, 0.1) is 5.69 Å². The van der Waals surface area contributed by atoms with E-state index in [1.165, 1.54) is 12.8 Å². The van der Waals surface area contributed by atoms with E-state index in [9.17, 15) is 0 Å². The molecule has 0 radical (unpaired) electrons. The summed E-state index contributed by atoms with van der Waals surface area (Å²) in [5, 5.41) is 6.77. The molecule has 0 bridgehead atoms. The van der Waals surface area contributed by atoms with Crippen molar-refractivity contribution in [1.29, 1.82) is 0 Å². The summed E-state index contributed by atoms with van der Waals surface area (Å²) in [6.45, 7) is 11.8. The Hall–Kier alpha value is -0.610. The first-order chi connectivity index (χ1) is 8.37. The molecule has 0 aliphatic carbocycles. The van der Waals surface area contributed by atoms with Gasteiger partial charge in [0.25, 0.3) is 0 Å². The van der Waals surface area contributed by atoms with E-state index in [4.69, 9.17) is 4.98 Å². The lowest BCUT2D eigenvalue weighted by Crippen LogP contribution is -2.35.